The molecule has 2 aliphatic rings. The van der Waals surface area contributed by atoms with Gasteiger partial charge in [0.15, 0.2) is 0 Å². The highest BCUT2D eigenvalue weighted by molar-refractivity contribution is 6.14. The van der Waals surface area contributed by atoms with Crippen LogP contribution in [-0.4, -0.2) is 0 Å². The molecule has 1 unspecified atom stereocenters. The zero-order valence-electron chi connectivity index (χ0n) is 36.2. The van der Waals surface area contributed by atoms with Crippen LogP contribution in [0.5, 0.6) is 0 Å². The van der Waals surface area contributed by atoms with Crippen LogP contribution in [0.25, 0.3) is 54.6 Å². The molecule has 0 saturated carbocycles. The third-order valence-corrected chi connectivity index (χ3v) is 14.1. The van der Waals surface area contributed by atoms with Crippen LogP contribution in [0.3, 0.4) is 0 Å². The van der Waals surface area contributed by atoms with Gasteiger partial charge in [-0.15, -0.1) is 0 Å². The lowest BCUT2D eigenvalue weighted by molar-refractivity contribution is 0.773. The molecule has 13 rings (SSSR count). The maximum Gasteiger partial charge on any atom is 0.0991 e. The van der Waals surface area contributed by atoms with Crippen LogP contribution in [-0.2, 0) is 5.41 Å². The van der Waals surface area contributed by atoms with Gasteiger partial charge in [0.25, 0.3) is 0 Å². The third kappa shape index (κ3) is 5.58. The van der Waals surface area contributed by atoms with Crippen molar-refractivity contribution >= 4 is 66.4 Å². The number of nitriles is 2. The molecule has 67 heavy (non-hydrogen) atoms. The first-order chi connectivity index (χ1) is 33.1. The van der Waals surface area contributed by atoms with Gasteiger partial charge in [-0.1, -0.05) is 152 Å². The molecule has 0 radical (unpaired) electrons. The summed E-state index contributed by atoms with van der Waals surface area (Å²) >= 11 is 0. The molecule has 0 bridgehead atoms. The molecule has 0 aromatic heterocycles. The summed E-state index contributed by atoms with van der Waals surface area (Å²) in [4.78, 5) is 4.72. The molecule has 0 aliphatic heterocycles. The van der Waals surface area contributed by atoms with Crippen molar-refractivity contribution in [2.75, 3.05) is 9.80 Å². The van der Waals surface area contributed by atoms with Crippen molar-refractivity contribution in [3.05, 3.63) is 264 Å². The number of hydrogen-bond donors (Lipinski definition) is 0. The standard InChI is InChI=1S/C63H38N4/c64-39-41-26-30-45(31-27-41)66(59-24-9-14-43-12-1-3-16-48(43)59)47-34-35-52-50-18-5-7-21-55(50)63(58(52)38-47)56-22-8-6-19-51(56)53-36-37-61(54-20-11-23-57(63)62(53)54)67(46-32-28-42(40-65)29-33-46)60-25-10-15-44-13-2-4-17-49(44)60/h1-38H. The Morgan fingerprint density at radius 1 is 0.313 bits per heavy atom. The Kier molecular flexibility index (Phi) is 8.52. The predicted octanol–water partition coefficient (Wildman–Crippen LogP) is 16.2. The highest BCUT2D eigenvalue weighted by atomic mass is 15.2. The van der Waals surface area contributed by atoms with Gasteiger partial charge in [-0.05, 0) is 140 Å². The van der Waals surface area contributed by atoms with Gasteiger partial charge < -0.3 is 9.80 Å². The number of hydrogen-bond acceptors (Lipinski definition) is 4. The fourth-order valence-electron chi connectivity index (χ4n) is 11.3. The zero-order chi connectivity index (χ0) is 44.6. The van der Waals surface area contributed by atoms with Crippen LogP contribution in [0.4, 0.5) is 34.1 Å². The fourth-order valence-corrected chi connectivity index (χ4v) is 11.3. The monoisotopic (exact) mass is 850 g/mol. The van der Waals surface area contributed by atoms with Crippen molar-refractivity contribution in [1.82, 2.24) is 0 Å². The molecule has 11 aromatic rings. The van der Waals surface area contributed by atoms with Crippen molar-refractivity contribution in [2.24, 2.45) is 0 Å². The van der Waals surface area contributed by atoms with Crippen LogP contribution >= 0.6 is 0 Å². The van der Waals surface area contributed by atoms with E-state index in [1.54, 1.807) is 0 Å². The molecule has 1 spiro atoms. The smallest absolute Gasteiger partial charge is 0.0991 e. The summed E-state index contributed by atoms with van der Waals surface area (Å²) < 4.78 is 0. The molecule has 0 heterocycles. The zero-order valence-corrected chi connectivity index (χ0v) is 36.2. The van der Waals surface area contributed by atoms with Gasteiger partial charge >= 0.3 is 0 Å². The van der Waals surface area contributed by atoms with E-state index in [1.807, 2.05) is 24.3 Å². The van der Waals surface area contributed by atoms with Gasteiger partial charge in [0.2, 0.25) is 0 Å². The van der Waals surface area contributed by atoms with E-state index in [0.29, 0.717) is 11.1 Å². The first-order valence-corrected chi connectivity index (χ1v) is 22.6. The van der Waals surface area contributed by atoms with Crippen molar-refractivity contribution in [3.63, 3.8) is 0 Å². The average Bonchev–Trinajstić information content (AvgIpc) is 3.68. The van der Waals surface area contributed by atoms with Gasteiger partial charge in [-0.2, -0.15) is 10.5 Å². The van der Waals surface area contributed by atoms with Crippen LogP contribution < -0.4 is 9.80 Å². The normalized spacial score (nSPS) is 14.0. The summed E-state index contributed by atoms with van der Waals surface area (Å²) in [6.07, 6.45) is 0. The highest BCUT2D eigenvalue weighted by Gasteiger charge is 2.50. The minimum Gasteiger partial charge on any atom is -0.310 e. The first kappa shape index (κ1) is 38.3. The Morgan fingerprint density at radius 2 is 0.746 bits per heavy atom. The third-order valence-electron chi connectivity index (χ3n) is 14.1. The minimum absolute atomic E-state index is 0.619. The van der Waals surface area contributed by atoms with E-state index in [4.69, 9.17) is 0 Å². The molecule has 310 valence electrons. The number of rotatable bonds is 6. The molecule has 0 amide bonds. The Labute approximate surface area is 388 Å². The lowest BCUT2D eigenvalue weighted by Gasteiger charge is -2.41. The highest BCUT2D eigenvalue weighted by Crippen LogP contribution is 2.63. The van der Waals surface area contributed by atoms with E-state index in [1.165, 1.54) is 49.9 Å². The average molecular weight is 851 g/mol. The Balaban J connectivity index is 1.11. The lowest BCUT2D eigenvalue weighted by Crippen LogP contribution is -2.32. The van der Waals surface area contributed by atoms with E-state index >= 15 is 0 Å². The number of anilines is 6. The molecule has 2 aliphatic carbocycles. The van der Waals surface area contributed by atoms with E-state index < -0.39 is 5.41 Å². The quantitative estimate of drug-likeness (QED) is 0.167. The van der Waals surface area contributed by atoms with Crippen molar-refractivity contribution < 1.29 is 0 Å². The second-order valence-electron chi connectivity index (χ2n) is 17.4. The van der Waals surface area contributed by atoms with Crippen LogP contribution in [0, 0.1) is 22.7 Å². The lowest BCUT2D eigenvalue weighted by atomic mass is 9.61. The maximum absolute atomic E-state index is 9.85. The second kappa shape index (κ2) is 14.9. The summed E-state index contributed by atoms with van der Waals surface area (Å²) in [5.41, 5.74) is 16.5. The van der Waals surface area contributed by atoms with Gasteiger partial charge in [-0.25, -0.2) is 0 Å². The molecular formula is C63H38N4. The molecule has 1 atom stereocenters. The fraction of sp³-hybridized carbons (Fsp3) is 0.0159. The predicted molar refractivity (Wildman–Crippen MR) is 274 cm³/mol. The van der Waals surface area contributed by atoms with Gasteiger partial charge in [0.1, 0.15) is 0 Å². The Bertz CT molecular complexity index is 3900. The van der Waals surface area contributed by atoms with Gasteiger partial charge in [0, 0.05) is 33.2 Å². The summed E-state index contributed by atoms with van der Waals surface area (Å²) in [6.45, 7) is 0. The van der Waals surface area contributed by atoms with Crippen LogP contribution in [0.15, 0.2) is 231 Å². The van der Waals surface area contributed by atoms with Crippen LogP contribution in [0.1, 0.15) is 33.4 Å². The van der Waals surface area contributed by atoms with Crippen molar-refractivity contribution in [1.29, 1.82) is 10.5 Å². The summed E-state index contributed by atoms with van der Waals surface area (Å²) in [5, 5.41) is 26.6. The summed E-state index contributed by atoms with van der Waals surface area (Å²) in [5.74, 6) is 0. The van der Waals surface area contributed by atoms with Gasteiger partial charge in [0.05, 0.1) is 45.7 Å². The van der Waals surface area contributed by atoms with Gasteiger partial charge in [-0.3, -0.25) is 0 Å². The largest absolute Gasteiger partial charge is 0.310 e. The molecule has 4 heteroatoms. The molecule has 0 N–H and O–H groups in total. The molecule has 11 aromatic carbocycles. The molecule has 4 nitrogen and oxygen atoms in total. The first-order valence-electron chi connectivity index (χ1n) is 22.6. The molecule has 0 fully saturated rings. The van der Waals surface area contributed by atoms with Crippen molar-refractivity contribution in [3.8, 4) is 34.4 Å². The second-order valence-corrected chi connectivity index (χ2v) is 17.4. The van der Waals surface area contributed by atoms with E-state index in [0.717, 1.165) is 61.1 Å². The summed E-state index contributed by atoms with van der Waals surface area (Å²) in [6, 6.07) is 87.1. The molecular weight excluding hydrogens is 813 g/mol. The summed E-state index contributed by atoms with van der Waals surface area (Å²) in [7, 11) is 0. The Hall–Kier alpha value is -9.22. The van der Waals surface area contributed by atoms with E-state index in [2.05, 4.69) is 228 Å². The number of fused-ring (bicyclic) bond motifs is 11. The molecule has 0 saturated heterocycles. The maximum atomic E-state index is 9.85. The number of nitrogens with zero attached hydrogens (tertiary/aromatic N) is 4. The minimum atomic E-state index is -0.683. The van der Waals surface area contributed by atoms with E-state index in [9.17, 15) is 10.5 Å². The number of benzene rings is 11. The van der Waals surface area contributed by atoms with E-state index in [-0.39, 0.29) is 0 Å². The SMILES string of the molecule is N#Cc1ccc(N(c2ccc3c(c2)C2(c4ccccc4-3)c3ccccc3-c3ccc(N(c4ccc(C#N)cc4)c4cccc5ccccc45)c4cccc2c34)c2cccc3ccccc23)cc1. The van der Waals surface area contributed by atoms with Crippen molar-refractivity contribution in [2.45, 2.75) is 5.41 Å². The van der Waals surface area contributed by atoms with Crippen LogP contribution in [0.2, 0.25) is 0 Å². The Morgan fingerprint density at radius 3 is 1.37 bits per heavy atom. The topological polar surface area (TPSA) is 54.1 Å².